The summed E-state index contributed by atoms with van der Waals surface area (Å²) in [7, 11) is 0. The number of carboxylic acid groups (broad SMARTS) is 1. The lowest BCUT2D eigenvalue weighted by atomic mass is 9.99. The van der Waals surface area contributed by atoms with Crippen molar-refractivity contribution < 1.29 is 19.4 Å². The van der Waals surface area contributed by atoms with Crippen LogP contribution < -0.4 is 0 Å². The minimum absolute atomic E-state index is 0.138. The average molecular weight is 298 g/mol. The predicted molar refractivity (Wildman–Crippen MR) is 78.2 cm³/mol. The van der Waals surface area contributed by atoms with Crippen LogP contribution >= 0.6 is 0 Å². The van der Waals surface area contributed by atoms with Crippen LogP contribution in [0.5, 0.6) is 0 Å². The molecule has 0 spiro atoms. The molecule has 0 unspecified atom stereocenters. The molecule has 0 radical (unpaired) electrons. The normalized spacial score (nSPS) is 27.7. The molecule has 0 aromatic rings. The molecule has 21 heavy (non-hydrogen) atoms. The van der Waals surface area contributed by atoms with Gasteiger partial charge in [-0.25, -0.2) is 4.79 Å². The summed E-state index contributed by atoms with van der Waals surface area (Å²) in [5.74, 6) is -0.745. The molecule has 0 aromatic heterocycles. The van der Waals surface area contributed by atoms with Crippen molar-refractivity contribution in [1.82, 2.24) is 9.80 Å². The van der Waals surface area contributed by atoms with Gasteiger partial charge in [-0.05, 0) is 46.6 Å². The van der Waals surface area contributed by atoms with Gasteiger partial charge in [0.05, 0.1) is 0 Å². The van der Waals surface area contributed by atoms with Crippen molar-refractivity contribution >= 4 is 12.1 Å². The van der Waals surface area contributed by atoms with Crippen molar-refractivity contribution in [3.63, 3.8) is 0 Å². The molecular formula is C15H26N2O4. The quantitative estimate of drug-likeness (QED) is 0.843. The third-order valence-corrected chi connectivity index (χ3v) is 4.11. The Morgan fingerprint density at radius 1 is 1.14 bits per heavy atom. The Hall–Kier alpha value is -1.30. The van der Waals surface area contributed by atoms with E-state index in [1.54, 1.807) is 4.90 Å². The Kier molecular flexibility index (Phi) is 4.76. The summed E-state index contributed by atoms with van der Waals surface area (Å²) in [5.41, 5.74) is -0.496. The van der Waals surface area contributed by atoms with Crippen LogP contribution in [-0.2, 0) is 9.53 Å². The number of rotatable bonds is 2. The van der Waals surface area contributed by atoms with Crippen LogP contribution in [0.2, 0.25) is 0 Å². The van der Waals surface area contributed by atoms with E-state index in [2.05, 4.69) is 4.90 Å². The Balaban J connectivity index is 1.95. The zero-order chi connectivity index (χ0) is 15.6. The molecule has 2 heterocycles. The highest BCUT2D eigenvalue weighted by Gasteiger charge is 2.38. The topological polar surface area (TPSA) is 70.1 Å². The Bertz CT molecular complexity index is 405. The number of amides is 1. The van der Waals surface area contributed by atoms with Gasteiger partial charge in [-0.3, -0.25) is 9.69 Å². The predicted octanol–water partition coefficient (Wildman–Crippen LogP) is 1.93. The second-order valence-electron chi connectivity index (χ2n) is 6.96. The second-order valence-corrected chi connectivity index (χ2v) is 6.96. The maximum Gasteiger partial charge on any atom is 0.410 e. The fourth-order valence-electron chi connectivity index (χ4n) is 3.16. The fraction of sp³-hybridized carbons (Fsp3) is 0.867. The molecule has 1 N–H and O–H groups in total. The Morgan fingerprint density at radius 3 is 2.48 bits per heavy atom. The van der Waals surface area contributed by atoms with Crippen molar-refractivity contribution in [2.75, 3.05) is 19.6 Å². The third kappa shape index (κ3) is 4.09. The fourth-order valence-corrected chi connectivity index (χ4v) is 3.16. The first-order chi connectivity index (χ1) is 9.78. The number of hydrogen-bond acceptors (Lipinski definition) is 4. The number of aliphatic carboxylic acids is 1. The summed E-state index contributed by atoms with van der Waals surface area (Å²) in [6, 6.07) is -0.263. The van der Waals surface area contributed by atoms with Crippen LogP contribution in [0.1, 0.15) is 46.5 Å². The van der Waals surface area contributed by atoms with Gasteiger partial charge in [0.25, 0.3) is 0 Å². The molecule has 2 saturated heterocycles. The standard InChI is InChI=1S/C15H26N2O4/c1-15(2,3)21-14(20)16-9-7-11(10-16)17-8-5-4-6-12(17)13(18)19/h11-12H,4-10H2,1-3H3,(H,18,19)/t11-,12+/m1/s1. The lowest BCUT2D eigenvalue weighted by molar-refractivity contribution is -0.145. The molecule has 120 valence electrons. The summed E-state index contributed by atoms with van der Waals surface area (Å²) >= 11 is 0. The van der Waals surface area contributed by atoms with Gasteiger partial charge in [-0.2, -0.15) is 0 Å². The first-order valence-corrected chi connectivity index (χ1v) is 7.74. The highest BCUT2D eigenvalue weighted by molar-refractivity contribution is 5.73. The first kappa shape index (κ1) is 16.1. The minimum atomic E-state index is -0.745. The highest BCUT2D eigenvalue weighted by atomic mass is 16.6. The summed E-state index contributed by atoms with van der Waals surface area (Å²) in [6.45, 7) is 7.57. The van der Waals surface area contributed by atoms with Gasteiger partial charge in [0.15, 0.2) is 0 Å². The number of likely N-dealkylation sites (tertiary alicyclic amines) is 2. The Morgan fingerprint density at radius 2 is 1.86 bits per heavy atom. The molecule has 6 heteroatoms. The number of carboxylic acids is 1. The zero-order valence-corrected chi connectivity index (χ0v) is 13.2. The average Bonchev–Trinajstić information content (AvgIpc) is 2.86. The molecule has 2 fully saturated rings. The van der Waals surface area contributed by atoms with E-state index in [9.17, 15) is 14.7 Å². The SMILES string of the molecule is CC(C)(C)OC(=O)N1CC[C@@H](N2CCCC[C@H]2C(=O)O)C1. The second kappa shape index (κ2) is 6.22. The maximum atomic E-state index is 12.1. The molecule has 0 saturated carbocycles. The van der Waals surface area contributed by atoms with Gasteiger partial charge < -0.3 is 14.7 Å². The largest absolute Gasteiger partial charge is 0.480 e. The van der Waals surface area contributed by atoms with Crippen LogP contribution in [0.4, 0.5) is 4.79 Å². The number of hydrogen-bond donors (Lipinski definition) is 1. The van der Waals surface area contributed by atoms with E-state index in [0.29, 0.717) is 19.5 Å². The highest BCUT2D eigenvalue weighted by Crippen LogP contribution is 2.26. The molecule has 2 aliphatic heterocycles. The molecule has 0 bridgehead atoms. The Labute approximate surface area is 126 Å². The van der Waals surface area contributed by atoms with Crippen LogP contribution in [0.25, 0.3) is 0 Å². The van der Waals surface area contributed by atoms with Crippen molar-refractivity contribution in [2.45, 2.75) is 64.1 Å². The lowest BCUT2D eigenvalue weighted by Crippen LogP contribution is -2.51. The third-order valence-electron chi connectivity index (χ3n) is 4.11. The van der Waals surface area contributed by atoms with Crippen LogP contribution in [-0.4, -0.2) is 64.3 Å². The van der Waals surface area contributed by atoms with E-state index in [-0.39, 0.29) is 12.1 Å². The summed E-state index contributed by atoms with van der Waals surface area (Å²) in [5, 5.41) is 9.35. The first-order valence-electron chi connectivity index (χ1n) is 7.74. The van der Waals surface area contributed by atoms with E-state index in [1.165, 1.54) is 0 Å². The van der Waals surface area contributed by atoms with E-state index >= 15 is 0 Å². The molecule has 0 aromatic carbocycles. The van der Waals surface area contributed by atoms with Crippen molar-refractivity contribution in [1.29, 1.82) is 0 Å². The molecule has 2 atom stereocenters. The van der Waals surface area contributed by atoms with E-state index in [4.69, 9.17) is 4.74 Å². The maximum absolute atomic E-state index is 12.1. The van der Waals surface area contributed by atoms with Gasteiger partial charge >= 0.3 is 12.1 Å². The molecular weight excluding hydrogens is 272 g/mol. The molecule has 2 aliphatic rings. The molecule has 1 amide bonds. The molecule has 6 nitrogen and oxygen atoms in total. The van der Waals surface area contributed by atoms with Crippen molar-refractivity contribution in [3.8, 4) is 0 Å². The van der Waals surface area contributed by atoms with Crippen LogP contribution in [0.3, 0.4) is 0 Å². The van der Waals surface area contributed by atoms with Gasteiger partial charge in [0, 0.05) is 19.1 Å². The monoisotopic (exact) mass is 298 g/mol. The van der Waals surface area contributed by atoms with Crippen molar-refractivity contribution in [2.24, 2.45) is 0 Å². The number of carbonyl (C=O) groups excluding carboxylic acids is 1. The minimum Gasteiger partial charge on any atom is -0.480 e. The van der Waals surface area contributed by atoms with Crippen LogP contribution in [0, 0.1) is 0 Å². The van der Waals surface area contributed by atoms with E-state index < -0.39 is 17.6 Å². The summed E-state index contributed by atoms with van der Waals surface area (Å²) in [6.07, 6.45) is 3.23. The zero-order valence-electron chi connectivity index (χ0n) is 13.2. The smallest absolute Gasteiger partial charge is 0.410 e. The van der Waals surface area contributed by atoms with Gasteiger partial charge in [0.2, 0.25) is 0 Å². The number of piperidine rings is 1. The lowest BCUT2D eigenvalue weighted by Gasteiger charge is -2.37. The molecule has 2 rings (SSSR count). The molecule has 0 aliphatic carbocycles. The number of carbonyl (C=O) groups is 2. The van der Waals surface area contributed by atoms with Gasteiger partial charge in [0.1, 0.15) is 11.6 Å². The van der Waals surface area contributed by atoms with Crippen molar-refractivity contribution in [3.05, 3.63) is 0 Å². The van der Waals surface area contributed by atoms with Crippen LogP contribution in [0.15, 0.2) is 0 Å². The van der Waals surface area contributed by atoms with E-state index in [0.717, 1.165) is 25.8 Å². The number of nitrogens with zero attached hydrogens (tertiary/aromatic N) is 2. The summed E-state index contributed by atoms with van der Waals surface area (Å²) < 4.78 is 5.38. The van der Waals surface area contributed by atoms with Gasteiger partial charge in [-0.15, -0.1) is 0 Å². The number of ether oxygens (including phenoxy) is 1. The van der Waals surface area contributed by atoms with Gasteiger partial charge in [-0.1, -0.05) is 6.42 Å². The van der Waals surface area contributed by atoms with E-state index in [1.807, 2.05) is 20.8 Å². The summed E-state index contributed by atoms with van der Waals surface area (Å²) in [4.78, 5) is 27.2.